The summed E-state index contributed by atoms with van der Waals surface area (Å²) in [5.41, 5.74) is -0.842. The summed E-state index contributed by atoms with van der Waals surface area (Å²) in [7, 11) is 0. The number of rotatable bonds is 4. The molecule has 0 aliphatic rings. The van der Waals surface area contributed by atoms with Gasteiger partial charge < -0.3 is 10.4 Å². The number of carbonyl (C=O) groups excluding carboxylic acids is 1. The molecule has 0 rings (SSSR count). The van der Waals surface area contributed by atoms with Crippen molar-refractivity contribution in [2.45, 2.75) is 27.2 Å². The van der Waals surface area contributed by atoms with Gasteiger partial charge in [-0.25, -0.2) is 0 Å². The van der Waals surface area contributed by atoms with Crippen LogP contribution in [0.2, 0.25) is 0 Å². The number of aliphatic carboxylic acids is 1. The van der Waals surface area contributed by atoms with Gasteiger partial charge in [-0.2, -0.15) is 0 Å². The van der Waals surface area contributed by atoms with Crippen molar-refractivity contribution in [1.82, 2.24) is 5.32 Å². The predicted octanol–water partition coefficient (Wildman–Crippen LogP) is 0.623. The van der Waals surface area contributed by atoms with Gasteiger partial charge in [-0.15, -0.1) is 0 Å². The Bertz CT molecular complexity index is 191. The fourth-order valence-corrected chi connectivity index (χ4v) is 0.671. The molecule has 0 saturated carbocycles. The summed E-state index contributed by atoms with van der Waals surface area (Å²) in [5, 5.41) is 11.3. The molecule has 0 radical (unpaired) electrons. The van der Waals surface area contributed by atoms with Gasteiger partial charge in [-0.1, -0.05) is 6.92 Å². The van der Waals surface area contributed by atoms with E-state index in [9.17, 15) is 9.59 Å². The SMILES string of the molecule is CCC(C)(CNC(C)=O)C(=O)O. The standard InChI is InChI=1S/C8H15NO3/c1-4-8(3,7(11)12)5-9-6(2)10/h4-5H2,1-3H3,(H,9,10)(H,11,12). The van der Waals surface area contributed by atoms with Crippen LogP contribution in [0.5, 0.6) is 0 Å². The van der Waals surface area contributed by atoms with E-state index in [2.05, 4.69) is 5.32 Å². The van der Waals surface area contributed by atoms with E-state index in [0.29, 0.717) is 6.42 Å². The highest BCUT2D eigenvalue weighted by molar-refractivity contribution is 5.77. The van der Waals surface area contributed by atoms with Crippen molar-refractivity contribution in [3.8, 4) is 0 Å². The summed E-state index contributed by atoms with van der Waals surface area (Å²) >= 11 is 0. The quantitative estimate of drug-likeness (QED) is 0.655. The first-order valence-corrected chi connectivity index (χ1v) is 3.90. The largest absolute Gasteiger partial charge is 0.481 e. The molecule has 0 aromatic rings. The van der Waals surface area contributed by atoms with Gasteiger partial charge in [0, 0.05) is 13.5 Å². The molecule has 0 bridgehead atoms. The maximum absolute atomic E-state index is 10.7. The van der Waals surface area contributed by atoms with Crippen LogP contribution in [0, 0.1) is 5.41 Å². The molecule has 2 N–H and O–H groups in total. The van der Waals surface area contributed by atoms with Crippen LogP contribution < -0.4 is 5.32 Å². The van der Waals surface area contributed by atoms with Gasteiger partial charge in [0.05, 0.1) is 5.41 Å². The minimum Gasteiger partial charge on any atom is -0.481 e. The van der Waals surface area contributed by atoms with Crippen LogP contribution in [0.25, 0.3) is 0 Å². The minimum absolute atomic E-state index is 0.189. The second-order valence-corrected chi connectivity index (χ2v) is 3.13. The first kappa shape index (κ1) is 10.9. The summed E-state index contributed by atoms with van der Waals surface area (Å²) in [6, 6.07) is 0. The van der Waals surface area contributed by atoms with Gasteiger partial charge in [-0.05, 0) is 13.3 Å². The lowest BCUT2D eigenvalue weighted by atomic mass is 9.88. The van der Waals surface area contributed by atoms with Crippen LogP contribution in [0.15, 0.2) is 0 Å². The highest BCUT2D eigenvalue weighted by Gasteiger charge is 2.30. The average molecular weight is 173 g/mol. The van der Waals surface area contributed by atoms with Gasteiger partial charge in [0.15, 0.2) is 0 Å². The van der Waals surface area contributed by atoms with Gasteiger partial charge in [0.1, 0.15) is 0 Å². The zero-order valence-electron chi connectivity index (χ0n) is 7.68. The molecule has 0 fully saturated rings. The molecule has 0 saturated heterocycles. The number of nitrogens with one attached hydrogen (secondary N) is 1. The number of carboxylic acids is 1. The van der Waals surface area contributed by atoms with Crippen LogP contribution >= 0.6 is 0 Å². The number of hydrogen-bond acceptors (Lipinski definition) is 2. The second kappa shape index (κ2) is 4.09. The molecular formula is C8H15NO3. The van der Waals surface area contributed by atoms with Crippen molar-refractivity contribution in [2.24, 2.45) is 5.41 Å². The third kappa shape index (κ3) is 2.90. The van der Waals surface area contributed by atoms with Gasteiger partial charge in [-0.3, -0.25) is 9.59 Å². The Morgan fingerprint density at radius 3 is 2.25 bits per heavy atom. The lowest BCUT2D eigenvalue weighted by molar-refractivity contribution is -0.148. The summed E-state index contributed by atoms with van der Waals surface area (Å²) in [4.78, 5) is 21.2. The van der Waals surface area contributed by atoms with E-state index in [1.165, 1.54) is 6.92 Å². The minimum atomic E-state index is -0.876. The summed E-state index contributed by atoms with van der Waals surface area (Å²) < 4.78 is 0. The molecule has 70 valence electrons. The molecule has 4 heteroatoms. The number of carbonyl (C=O) groups is 2. The van der Waals surface area contributed by atoms with Gasteiger partial charge in [0.2, 0.25) is 5.91 Å². The first-order chi connectivity index (χ1) is 5.42. The third-order valence-corrected chi connectivity index (χ3v) is 2.02. The smallest absolute Gasteiger partial charge is 0.311 e. The molecule has 0 aliphatic heterocycles. The first-order valence-electron chi connectivity index (χ1n) is 3.90. The predicted molar refractivity (Wildman–Crippen MR) is 44.7 cm³/mol. The number of carboxylic acid groups (broad SMARTS) is 1. The molecule has 0 aromatic heterocycles. The highest BCUT2D eigenvalue weighted by Crippen LogP contribution is 2.19. The van der Waals surface area contributed by atoms with E-state index in [1.807, 2.05) is 0 Å². The molecular weight excluding hydrogens is 158 g/mol. The molecule has 0 aromatic carbocycles. The Morgan fingerprint density at radius 2 is 2.00 bits per heavy atom. The molecule has 0 aliphatic carbocycles. The topological polar surface area (TPSA) is 66.4 Å². The van der Waals surface area contributed by atoms with E-state index in [4.69, 9.17) is 5.11 Å². The van der Waals surface area contributed by atoms with Crippen LogP contribution in [0.1, 0.15) is 27.2 Å². The lowest BCUT2D eigenvalue weighted by Crippen LogP contribution is -2.39. The highest BCUT2D eigenvalue weighted by atomic mass is 16.4. The van der Waals surface area contributed by atoms with Crippen LogP contribution in [-0.2, 0) is 9.59 Å². The van der Waals surface area contributed by atoms with Crippen LogP contribution in [0.3, 0.4) is 0 Å². The van der Waals surface area contributed by atoms with Crippen molar-refractivity contribution >= 4 is 11.9 Å². The maximum Gasteiger partial charge on any atom is 0.311 e. The van der Waals surface area contributed by atoms with Gasteiger partial charge in [0.25, 0.3) is 0 Å². The molecule has 1 amide bonds. The summed E-state index contributed by atoms with van der Waals surface area (Å²) in [6.07, 6.45) is 0.503. The Morgan fingerprint density at radius 1 is 1.50 bits per heavy atom. The van der Waals surface area contributed by atoms with Crippen molar-refractivity contribution in [1.29, 1.82) is 0 Å². The zero-order chi connectivity index (χ0) is 9.78. The third-order valence-electron chi connectivity index (χ3n) is 2.02. The van der Waals surface area contributed by atoms with Crippen LogP contribution in [0.4, 0.5) is 0 Å². The van der Waals surface area contributed by atoms with Crippen molar-refractivity contribution < 1.29 is 14.7 Å². The molecule has 4 nitrogen and oxygen atoms in total. The molecule has 1 atom stereocenters. The Labute approximate surface area is 72.0 Å². The Kier molecular flexibility index (Phi) is 3.73. The lowest BCUT2D eigenvalue weighted by Gasteiger charge is -2.22. The molecule has 0 spiro atoms. The van der Waals surface area contributed by atoms with Crippen molar-refractivity contribution in [3.05, 3.63) is 0 Å². The summed E-state index contributed by atoms with van der Waals surface area (Å²) in [5.74, 6) is -1.07. The number of hydrogen-bond donors (Lipinski definition) is 2. The van der Waals surface area contributed by atoms with E-state index >= 15 is 0 Å². The van der Waals surface area contributed by atoms with E-state index in [0.717, 1.165) is 0 Å². The van der Waals surface area contributed by atoms with Gasteiger partial charge >= 0.3 is 5.97 Å². The maximum atomic E-state index is 10.7. The van der Waals surface area contributed by atoms with Crippen LogP contribution in [-0.4, -0.2) is 23.5 Å². The second-order valence-electron chi connectivity index (χ2n) is 3.13. The molecule has 12 heavy (non-hydrogen) atoms. The van der Waals surface area contributed by atoms with Crippen molar-refractivity contribution in [3.63, 3.8) is 0 Å². The Balaban J connectivity index is 4.15. The molecule has 0 heterocycles. The van der Waals surface area contributed by atoms with Crippen molar-refractivity contribution in [2.75, 3.05) is 6.54 Å². The van der Waals surface area contributed by atoms with E-state index in [-0.39, 0.29) is 12.5 Å². The zero-order valence-corrected chi connectivity index (χ0v) is 7.68. The number of amides is 1. The fraction of sp³-hybridized carbons (Fsp3) is 0.750. The van der Waals surface area contributed by atoms with E-state index < -0.39 is 11.4 Å². The summed E-state index contributed by atoms with van der Waals surface area (Å²) in [6.45, 7) is 4.97. The molecule has 1 unspecified atom stereocenters. The monoisotopic (exact) mass is 173 g/mol. The van der Waals surface area contributed by atoms with E-state index in [1.54, 1.807) is 13.8 Å². The Hall–Kier alpha value is -1.06. The normalized spacial score (nSPS) is 14.9. The fourth-order valence-electron chi connectivity index (χ4n) is 0.671. The average Bonchev–Trinajstić information content (AvgIpc) is 1.99.